The number of rotatable bonds is 6. The predicted molar refractivity (Wildman–Crippen MR) is 119 cm³/mol. The highest BCUT2D eigenvalue weighted by Gasteiger charge is 2.35. The Morgan fingerprint density at radius 1 is 0.906 bits per heavy atom. The van der Waals surface area contributed by atoms with Crippen molar-refractivity contribution >= 4 is 11.6 Å². The van der Waals surface area contributed by atoms with Crippen LogP contribution in [0.5, 0.6) is 17.2 Å². The molecule has 1 aliphatic heterocycles. The van der Waals surface area contributed by atoms with Crippen molar-refractivity contribution < 1.29 is 18.8 Å². The Labute approximate surface area is 185 Å². The standard InChI is InChI=1S/C25H21N3O4/c1-30-20-11-13-22(14-12-20)31-21-9-7-17(8-10-21)24-26-25(32-27-24)18-15-23(29)28(16-18)19-5-3-2-4-6-19/h2-14,18H,15-16H2,1H3/t18-/m1/s1. The Hall–Kier alpha value is -4.13. The van der Waals surface area contributed by atoms with Gasteiger partial charge in [-0.25, -0.2) is 0 Å². The highest BCUT2D eigenvalue weighted by atomic mass is 16.5. The molecule has 0 unspecified atom stereocenters. The van der Waals surface area contributed by atoms with E-state index in [-0.39, 0.29) is 11.8 Å². The molecule has 0 bridgehead atoms. The first-order valence-electron chi connectivity index (χ1n) is 10.3. The van der Waals surface area contributed by atoms with Crippen LogP contribution in [0.1, 0.15) is 18.2 Å². The van der Waals surface area contributed by atoms with E-state index in [1.54, 1.807) is 12.0 Å². The van der Waals surface area contributed by atoms with Crippen molar-refractivity contribution in [3.8, 4) is 28.6 Å². The molecule has 1 atom stereocenters. The molecule has 7 nitrogen and oxygen atoms in total. The number of nitrogens with zero attached hydrogens (tertiary/aromatic N) is 3. The summed E-state index contributed by atoms with van der Waals surface area (Å²) in [5.41, 5.74) is 1.69. The van der Waals surface area contributed by atoms with Gasteiger partial charge in [-0.1, -0.05) is 23.4 Å². The second kappa shape index (κ2) is 8.55. The molecular weight excluding hydrogens is 406 g/mol. The Balaban J connectivity index is 1.27. The van der Waals surface area contributed by atoms with Gasteiger partial charge in [0, 0.05) is 24.2 Å². The summed E-state index contributed by atoms with van der Waals surface area (Å²) in [6.07, 6.45) is 0.352. The lowest BCUT2D eigenvalue weighted by atomic mass is 10.1. The van der Waals surface area contributed by atoms with E-state index in [4.69, 9.17) is 14.0 Å². The van der Waals surface area contributed by atoms with Crippen molar-refractivity contribution in [3.63, 3.8) is 0 Å². The molecule has 160 valence electrons. The maximum absolute atomic E-state index is 12.5. The van der Waals surface area contributed by atoms with Gasteiger partial charge >= 0.3 is 0 Å². The van der Waals surface area contributed by atoms with Crippen molar-refractivity contribution in [3.05, 3.63) is 84.8 Å². The Bertz CT molecular complexity index is 1200. The number of ether oxygens (including phenoxy) is 2. The number of carbonyl (C=O) groups excluding carboxylic acids is 1. The quantitative estimate of drug-likeness (QED) is 0.428. The van der Waals surface area contributed by atoms with E-state index in [2.05, 4.69) is 10.1 Å². The SMILES string of the molecule is COc1ccc(Oc2ccc(-c3noc([C@@H]4CC(=O)N(c5ccccc5)C4)n3)cc2)cc1. The number of aromatic nitrogens is 2. The van der Waals surface area contributed by atoms with Crippen molar-refractivity contribution in [2.24, 2.45) is 0 Å². The third-order valence-electron chi connectivity index (χ3n) is 5.39. The summed E-state index contributed by atoms with van der Waals surface area (Å²) in [6, 6.07) is 24.5. The van der Waals surface area contributed by atoms with Crippen molar-refractivity contribution in [2.45, 2.75) is 12.3 Å². The van der Waals surface area contributed by atoms with Crippen LogP contribution in [0, 0.1) is 0 Å². The van der Waals surface area contributed by atoms with Gasteiger partial charge in [-0.15, -0.1) is 0 Å². The molecule has 7 heteroatoms. The topological polar surface area (TPSA) is 77.7 Å². The van der Waals surface area contributed by atoms with E-state index < -0.39 is 0 Å². The molecule has 1 fully saturated rings. The highest BCUT2D eigenvalue weighted by molar-refractivity contribution is 5.96. The summed E-state index contributed by atoms with van der Waals surface area (Å²) in [4.78, 5) is 18.8. The van der Waals surface area contributed by atoms with Gasteiger partial charge in [-0.3, -0.25) is 4.79 Å². The molecule has 32 heavy (non-hydrogen) atoms. The summed E-state index contributed by atoms with van der Waals surface area (Å²) in [6.45, 7) is 0.527. The molecule has 0 spiro atoms. The average Bonchev–Trinajstić information content (AvgIpc) is 3.48. The van der Waals surface area contributed by atoms with E-state index in [1.807, 2.05) is 78.9 Å². The third-order valence-corrected chi connectivity index (χ3v) is 5.39. The smallest absolute Gasteiger partial charge is 0.232 e. The molecule has 2 heterocycles. The van der Waals surface area contributed by atoms with Gasteiger partial charge in [0.25, 0.3) is 0 Å². The number of anilines is 1. The molecule has 0 aliphatic carbocycles. The van der Waals surface area contributed by atoms with Crippen LogP contribution in [-0.2, 0) is 4.79 Å². The van der Waals surface area contributed by atoms with Crippen molar-refractivity contribution in [1.29, 1.82) is 0 Å². The van der Waals surface area contributed by atoms with Crippen LogP contribution >= 0.6 is 0 Å². The molecular formula is C25H21N3O4. The molecule has 1 aliphatic rings. The van der Waals surface area contributed by atoms with Gasteiger partial charge in [0.15, 0.2) is 0 Å². The summed E-state index contributed by atoms with van der Waals surface area (Å²) < 4.78 is 16.5. The number of methoxy groups -OCH3 is 1. The van der Waals surface area contributed by atoms with E-state index >= 15 is 0 Å². The Morgan fingerprint density at radius 3 is 2.25 bits per heavy atom. The highest BCUT2D eigenvalue weighted by Crippen LogP contribution is 2.32. The minimum Gasteiger partial charge on any atom is -0.497 e. The fraction of sp³-hybridized carbons (Fsp3) is 0.160. The first-order chi connectivity index (χ1) is 15.7. The molecule has 0 saturated carbocycles. The molecule has 3 aromatic carbocycles. The van der Waals surface area contributed by atoms with E-state index in [9.17, 15) is 4.79 Å². The van der Waals surface area contributed by atoms with Crippen LogP contribution in [0.2, 0.25) is 0 Å². The minimum absolute atomic E-state index is 0.0565. The molecule has 0 N–H and O–H groups in total. The van der Waals surface area contributed by atoms with E-state index in [0.29, 0.717) is 36.2 Å². The van der Waals surface area contributed by atoms with Gasteiger partial charge in [0.2, 0.25) is 17.6 Å². The lowest BCUT2D eigenvalue weighted by molar-refractivity contribution is -0.117. The van der Waals surface area contributed by atoms with Crippen LogP contribution in [-0.4, -0.2) is 29.7 Å². The minimum atomic E-state index is -0.123. The molecule has 4 aromatic rings. The fourth-order valence-electron chi connectivity index (χ4n) is 3.70. The second-order valence-electron chi connectivity index (χ2n) is 7.50. The maximum Gasteiger partial charge on any atom is 0.232 e. The van der Waals surface area contributed by atoms with Gasteiger partial charge in [-0.05, 0) is 60.7 Å². The third kappa shape index (κ3) is 4.05. The van der Waals surface area contributed by atoms with Crippen LogP contribution in [0.15, 0.2) is 83.4 Å². The van der Waals surface area contributed by atoms with Crippen molar-refractivity contribution in [1.82, 2.24) is 10.1 Å². The van der Waals surface area contributed by atoms with Crippen LogP contribution < -0.4 is 14.4 Å². The normalized spacial score (nSPS) is 15.7. The van der Waals surface area contributed by atoms with Gasteiger partial charge in [0.05, 0.1) is 13.0 Å². The lowest BCUT2D eigenvalue weighted by Crippen LogP contribution is -2.24. The van der Waals surface area contributed by atoms with E-state index in [0.717, 1.165) is 17.0 Å². The molecule has 5 rings (SSSR count). The number of carbonyl (C=O) groups is 1. The fourth-order valence-corrected chi connectivity index (χ4v) is 3.70. The Kier molecular flexibility index (Phi) is 5.29. The number of hydrogen-bond donors (Lipinski definition) is 0. The van der Waals surface area contributed by atoms with Crippen molar-refractivity contribution in [2.75, 3.05) is 18.6 Å². The van der Waals surface area contributed by atoms with Crippen LogP contribution in [0.3, 0.4) is 0 Å². The molecule has 1 saturated heterocycles. The van der Waals surface area contributed by atoms with Gasteiger partial charge in [-0.2, -0.15) is 4.98 Å². The molecule has 1 aromatic heterocycles. The zero-order valence-corrected chi connectivity index (χ0v) is 17.5. The summed E-state index contributed by atoms with van der Waals surface area (Å²) >= 11 is 0. The zero-order chi connectivity index (χ0) is 21.9. The number of benzene rings is 3. The molecule has 0 radical (unpaired) electrons. The summed E-state index contributed by atoms with van der Waals surface area (Å²) in [7, 11) is 1.63. The van der Waals surface area contributed by atoms with E-state index in [1.165, 1.54) is 0 Å². The maximum atomic E-state index is 12.5. The summed E-state index contributed by atoms with van der Waals surface area (Å²) in [5.74, 6) is 3.09. The molecule has 1 amide bonds. The van der Waals surface area contributed by atoms with Crippen LogP contribution in [0.25, 0.3) is 11.4 Å². The largest absolute Gasteiger partial charge is 0.497 e. The number of para-hydroxylation sites is 1. The zero-order valence-electron chi connectivity index (χ0n) is 17.5. The second-order valence-corrected chi connectivity index (χ2v) is 7.50. The first-order valence-corrected chi connectivity index (χ1v) is 10.3. The van der Waals surface area contributed by atoms with Gasteiger partial charge in [0.1, 0.15) is 17.2 Å². The average molecular weight is 427 g/mol. The van der Waals surface area contributed by atoms with Crippen LogP contribution in [0.4, 0.5) is 5.69 Å². The number of amides is 1. The van der Waals surface area contributed by atoms with Gasteiger partial charge < -0.3 is 18.9 Å². The predicted octanol–water partition coefficient (Wildman–Crippen LogP) is 5.06. The number of hydrogen-bond acceptors (Lipinski definition) is 6. The summed E-state index contributed by atoms with van der Waals surface area (Å²) in [5, 5.41) is 4.12. The lowest BCUT2D eigenvalue weighted by Gasteiger charge is -2.15. The first kappa shape index (κ1) is 19.8. The Morgan fingerprint density at radius 2 is 1.56 bits per heavy atom. The monoisotopic (exact) mass is 427 g/mol.